The molecular formula is C24H34N11O8P. The molecule has 2 aliphatic heterocycles. The minimum Gasteiger partial charge on any atom is -0.394 e. The molecule has 2 saturated heterocycles. The van der Waals surface area contributed by atoms with Crippen LogP contribution in [0.25, 0.3) is 22.3 Å². The van der Waals surface area contributed by atoms with Crippen LogP contribution in [0, 0.1) is 0 Å². The van der Waals surface area contributed by atoms with Crippen molar-refractivity contribution in [3.05, 3.63) is 29.3 Å². The summed E-state index contributed by atoms with van der Waals surface area (Å²) in [4.78, 5) is 35.2. The molecular weight excluding hydrogens is 601 g/mol. The van der Waals surface area contributed by atoms with E-state index in [0.29, 0.717) is 24.1 Å². The highest BCUT2D eigenvalue weighted by molar-refractivity contribution is 7.51. The number of hydrogen-bond donors (Lipinski definition) is 6. The minimum absolute atomic E-state index is 0.0742. The van der Waals surface area contributed by atoms with E-state index in [4.69, 9.17) is 30.0 Å². The average molecular weight is 636 g/mol. The van der Waals surface area contributed by atoms with Gasteiger partial charge in [-0.2, -0.15) is 4.98 Å². The van der Waals surface area contributed by atoms with Crippen LogP contribution in [0.5, 0.6) is 0 Å². The molecule has 0 aromatic carbocycles. The maximum Gasteiger partial charge on any atom is 0.405 e. The molecule has 8 N–H and O–H groups in total. The lowest BCUT2D eigenvalue weighted by molar-refractivity contribution is -0.0509. The quantitative estimate of drug-likeness (QED) is 0.0880. The van der Waals surface area contributed by atoms with E-state index in [9.17, 15) is 19.6 Å². The molecule has 44 heavy (non-hydrogen) atoms. The number of anilines is 2. The van der Waals surface area contributed by atoms with E-state index in [1.807, 2.05) is 6.92 Å². The maximum atomic E-state index is 14.0. The summed E-state index contributed by atoms with van der Waals surface area (Å²) in [7, 11) is -4.02. The molecule has 0 spiro atoms. The van der Waals surface area contributed by atoms with Crippen molar-refractivity contribution in [3.63, 3.8) is 0 Å². The summed E-state index contributed by atoms with van der Waals surface area (Å²) in [5.74, 6) is 0.127. The van der Waals surface area contributed by atoms with Gasteiger partial charge in [0.05, 0.1) is 32.0 Å². The minimum atomic E-state index is -4.02. The van der Waals surface area contributed by atoms with Gasteiger partial charge < -0.3 is 31.2 Å². The number of nitrogens with two attached hydrogens (primary N) is 2. The first-order valence-electron chi connectivity index (χ1n) is 14.1. The summed E-state index contributed by atoms with van der Waals surface area (Å²) < 4.78 is 41.0. The molecule has 0 bridgehead atoms. The van der Waals surface area contributed by atoms with Crippen molar-refractivity contribution in [1.29, 1.82) is 0 Å². The Labute approximate surface area is 249 Å². The number of fused-ring (bicyclic) bond motifs is 2. The van der Waals surface area contributed by atoms with Crippen molar-refractivity contribution in [2.75, 3.05) is 31.2 Å². The number of imidazole rings is 2. The van der Waals surface area contributed by atoms with Crippen LogP contribution in [0.1, 0.15) is 45.1 Å². The molecule has 6 heterocycles. The van der Waals surface area contributed by atoms with Crippen LogP contribution < -0.4 is 22.1 Å². The average Bonchev–Trinajstić information content (AvgIpc) is 3.77. The molecule has 238 valence electrons. The third-order valence-corrected chi connectivity index (χ3v) is 9.19. The van der Waals surface area contributed by atoms with Crippen LogP contribution in [0.3, 0.4) is 0 Å². The van der Waals surface area contributed by atoms with Crippen LogP contribution in [0.2, 0.25) is 0 Å². The van der Waals surface area contributed by atoms with E-state index < -0.39 is 56.8 Å². The molecule has 19 nitrogen and oxygen atoms in total. The lowest BCUT2D eigenvalue weighted by Crippen LogP contribution is -2.32. The summed E-state index contributed by atoms with van der Waals surface area (Å²) in [6, 6.07) is 0. The number of nitrogens with zero attached hydrogens (tertiary/aromatic N) is 7. The monoisotopic (exact) mass is 635 g/mol. The normalized spacial score (nSPS) is 27.0. The highest BCUT2D eigenvalue weighted by Crippen LogP contribution is 2.49. The van der Waals surface area contributed by atoms with Gasteiger partial charge in [-0.15, -0.1) is 0 Å². The van der Waals surface area contributed by atoms with Gasteiger partial charge in [-0.05, 0) is 6.42 Å². The van der Waals surface area contributed by atoms with E-state index in [0.717, 1.165) is 6.42 Å². The number of rotatable bonds is 12. The summed E-state index contributed by atoms with van der Waals surface area (Å²) in [5, 5.41) is 23.7. The molecule has 0 aliphatic carbocycles. The third-order valence-electron chi connectivity index (χ3n) is 7.54. The number of nitrogens with one attached hydrogen (secondary N) is 2. The van der Waals surface area contributed by atoms with Gasteiger partial charge in [0, 0.05) is 19.4 Å². The molecule has 2 fully saturated rings. The number of aliphatic hydroxyl groups is 2. The maximum absolute atomic E-state index is 14.0. The number of aromatic amines is 1. The first-order valence-corrected chi connectivity index (χ1v) is 15.7. The van der Waals surface area contributed by atoms with Gasteiger partial charge in [-0.3, -0.25) is 28.0 Å². The fraction of sp³-hybridized carbons (Fsp3) is 0.583. The third kappa shape index (κ3) is 5.92. The molecule has 7 atom stereocenters. The Morgan fingerprint density at radius 3 is 2.59 bits per heavy atom. The molecule has 0 radical (unpaired) electrons. The van der Waals surface area contributed by atoms with Crippen molar-refractivity contribution in [1.82, 2.24) is 44.1 Å². The molecule has 2 aliphatic rings. The molecule has 4 aromatic heterocycles. The van der Waals surface area contributed by atoms with Crippen molar-refractivity contribution < 1.29 is 33.3 Å². The number of H-pyrrole nitrogens is 1. The van der Waals surface area contributed by atoms with Crippen molar-refractivity contribution in [2.45, 2.75) is 69.5 Å². The first kappa shape index (κ1) is 30.5. The van der Waals surface area contributed by atoms with E-state index >= 15 is 0 Å². The predicted molar refractivity (Wildman–Crippen MR) is 154 cm³/mol. The fourth-order valence-corrected chi connectivity index (χ4v) is 6.85. The lowest BCUT2D eigenvalue weighted by atomic mass is 10.2. The van der Waals surface area contributed by atoms with Gasteiger partial charge in [-0.25, -0.2) is 29.6 Å². The summed E-state index contributed by atoms with van der Waals surface area (Å²) in [6.45, 7) is 1.61. The van der Waals surface area contributed by atoms with Gasteiger partial charge >= 0.3 is 7.75 Å². The van der Waals surface area contributed by atoms with Gasteiger partial charge in [-0.1, -0.05) is 13.3 Å². The van der Waals surface area contributed by atoms with Gasteiger partial charge in [0.2, 0.25) is 5.95 Å². The first-order chi connectivity index (χ1) is 21.2. The zero-order chi connectivity index (χ0) is 31.0. The smallest absolute Gasteiger partial charge is 0.394 e. The van der Waals surface area contributed by atoms with Gasteiger partial charge in [0.25, 0.3) is 5.56 Å². The van der Waals surface area contributed by atoms with Gasteiger partial charge in [0.1, 0.15) is 42.6 Å². The number of unbranched alkanes of at least 4 members (excludes halogenated alkanes) is 1. The Hall–Kier alpha value is -3.55. The Morgan fingerprint density at radius 1 is 1.09 bits per heavy atom. The number of nitrogen functional groups attached to an aromatic ring is 2. The van der Waals surface area contributed by atoms with E-state index in [2.05, 4.69) is 35.0 Å². The van der Waals surface area contributed by atoms with E-state index in [-0.39, 0.29) is 42.4 Å². The molecule has 0 amide bonds. The molecule has 4 aromatic rings. The topological polar surface area (TPSA) is 266 Å². The zero-order valence-corrected chi connectivity index (χ0v) is 24.6. The summed E-state index contributed by atoms with van der Waals surface area (Å²) in [6.07, 6.45) is 1.06. The number of aromatic nitrogens is 8. The number of hydrogen-bond acceptors (Lipinski definition) is 15. The number of ether oxygens (including phenoxy) is 2. The lowest BCUT2D eigenvalue weighted by Gasteiger charge is -2.26. The molecule has 20 heteroatoms. The Morgan fingerprint density at radius 2 is 1.82 bits per heavy atom. The van der Waals surface area contributed by atoms with Gasteiger partial charge in [0.15, 0.2) is 22.6 Å². The van der Waals surface area contributed by atoms with Crippen molar-refractivity contribution in [3.8, 4) is 0 Å². The van der Waals surface area contributed by atoms with Crippen LogP contribution in [0.15, 0.2) is 23.8 Å². The molecule has 6 rings (SSSR count). The Balaban J connectivity index is 1.16. The van der Waals surface area contributed by atoms with Crippen LogP contribution >= 0.6 is 7.75 Å². The second-order valence-electron chi connectivity index (χ2n) is 10.5. The van der Waals surface area contributed by atoms with Crippen LogP contribution in [-0.2, 0) is 23.1 Å². The highest BCUT2D eigenvalue weighted by atomic mass is 31.2. The second-order valence-corrected chi connectivity index (χ2v) is 12.3. The SMILES string of the molecule is CCCCNP(=O)(OCC1OC(n2cnc3c(=O)[nH]c(N)nc32)CC1O)OC1CC(n2cnc3c(N)ncnc32)OC1CO. The zero-order valence-electron chi connectivity index (χ0n) is 23.7. The largest absolute Gasteiger partial charge is 0.405 e. The number of aliphatic hydroxyl groups excluding tert-OH is 2. The van der Waals surface area contributed by atoms with E-state index in [1.165, 1.54) is 23.5 Å². The highest BCUT2D eigenvalue weighted by Gasteiger charge is 2.44. The van der Waals surface area contributed by atoms with Crippen molar-refractivity contribution >= 4 is 41.8 Å². The van der Waals surface area contributed by atoms with Crippen LogP contribution in [0.4, 0.5) is 11.8 Å². The van der Waals surface area contributed by atoms with Crippen LogP contribution in [-0.4, -0.2) is 93.4 Å². The standard InChI is InChI=1S/C24H34N11O8P/c1-2-3-4-31-44(39,43-13-6-17(41-14(13)7-36)34-10-29-18-20(25)27-9-28-21(18)34)40-8-15-12(37)5-16(42-15)35-11-30-19-22(35)32-24(26)33-23(19)38/h9-17,36-37H,2-8H2,1H3,(H,31,39)(H2,25,27,28)(H3,26,32,33,38). The van der Waals surface area contributed by atoms with Crippen molar-refractivity contribution in [2.24, 2.45) is 0 Å². The summed E-state index contributed by atoms with van der Waals surface area (Å²) >= 11 is 0. The fourth-order valence-electron chi connectivity index (χ4n) is 5.27. The Bertz CT molecular complexity index is 1730. The molecule has 0 saturated carbocycles. The Kier molecular flexibility index (Phi) is 8.62. The predicted octanol–water partition coefficient (Wildman–Crippen LogP) is -0.0483. The second kappa shape index (κ2) is 12.4. The summed E-state index contributed by atoms with van der Waals surface area (Å²) in [5.41, 5.74) is 12.2. The molecule has 7 unspecified atom stereocenters. The van der Waals surface area contributed by atoms with E-state index in [1.54, 1.807) is 4.57 Å².